The summed E-state index contributed by atoms with van der Waals surface area (Å²) in [6, 6.07) is 19.7. The summed E-state index contributed by atoms with van der Waals surface area (Å²) >= 11 is 11.7. The molecule has 0 saturated heterocycles. The second-order valence-electron chi connectivity index (χ2n) is 19.4. The van der Waals surface area contributed by atoms with Crippen LogP contribution < -0.4 is 20.4 Å². The third-order valence-electron chi connectivity index (χ3n) is 10.9. The molecule has 16 heteroatoms. The molecule has 0 heterocycles. The number of anilines is 4. The number of benzene rings is 4. The SMILES string of the molecule is COCC(CC(=O)O)c1ccc(N(CC(C)C)CC(C)C)c(NC(=O)Cc2ccc(Cl)cc2F)c1.COCC(CC(=O)O)c1ccc(N(CC(C)C)CC(C)C)c(NC(=O)Cc2ccc(Cl)cc2F)c1. The summed E-state index contributed by atoms with van der Waals surface area (Å²) in [6.07, 6.45) is -0.508. The van der Waals surface area contributed by atoms with E-state index in [0.717, 1.165) is 48.7 Å². The number of ether oxygens (including phenoxy) is 2. The number of amides is 2. The summed E-state index contributed by atoms with van der Waals surface area (Å²) in [5.41, 5.74) is 4.80. The number of carboxylic acids is 2. The van der Waals surface area contributed by atoms with Gasteiger partial charge in [0, 0.05) is 62.3 Å². The van der Waals surface area contributed by atoms with Crippen LogP contribution >= 0.6 is 23.2 Å². The van der Waals surface area contributed by atoms with Crippen molar-refractivity contribution >= 4 is 69.7 Å². The van der Waals surface area contributed by atoms with Gasteiger partial charge >= 0.3 is 11.9 Å². The van der Waals surface area contributed by atoms with E-state index in [1.54, 1.807) is 12.1 Å². The molecule has 4 rings (SSSR count). The van der Waals surface area contributed by atoms with E-state index < -0.39 is 23.6 Å². The van der Waals surface area contributed by atoms with Gasteiger partial charge in [-0.3, -0.25) is 19.2 Å². The molecule has 0 aliphatic heterocycles. The van der Waals surface area contributed by atoms with Crippen LogP contribution in [0.15, 0.2) is 72.8 Å². The second-order valence-corrected chi connectivity index (χ2v) is 20.2. The fraction of sp³-hybridized carbons (Fsp3) is 0.481. The molecule has 0 fully saturated rings. The van der Waals surface area contributed by atoms with Gasteiger partial charge < -0.3 is 40.1 Å². The van der Waals surface area contributed by atoms with E-state index in [2.05, 4.69) is 75.8 Å². The first-order chi connectivity index (χ1) is 33.0. The molecule has 4 aromatic carbocycles. The molecule has 12 nitrogen and oxygen atoms in total. The van der Waals surface area contributed by atoms with Crippen LogP contribution in [-0.2, 0) is 41.5 Å². The zero-order chi connectivity index (χ0) is 52.2. The average molecular weight is 1010 g/mol. The van der Waals surface area contributed by atoms with Gasteiger partial charge in [-0.25, -0.2) is 8.78 Å². The highest BCUT2D eigenvalue weighted by molar-refractivity contribution is 6.30. The minimum atomic E-state index is -0.929. The first kappa shape index (κ1) is 59.0. The summed E-state index contributed by atoms with van der Waals surface area (Å²) in [5.74, 6) is -2.90. The van der Waals surface area contributed by atoms with Crippen molar-refractivity contribution in [3.05, 3.63) is 117 Å². The Morgan fingerprint density at radius 3 is 1.14 bits per heavy atom. The molecule has 0 aliphatic rings. The lowest BCUT2D eigenvalue weighted by atomic mass is 9.95. The molecular formula is C54H72Cl2F2N4O8. The zero-order valence-electron chi connectivity index (χ0n) is 42.2. The number of hydrogen-bond acceptors (Lipinski definition) is 8. The molecule has 0 aliphatic carbocycles. The Bertz CT molecular complexity index is 2170. The summed E-state index contributed by atoms with van der Waals surface area (Å²) in [5, 5.41) is 25.1. The van der Waals surface area contributed by atoms with Crippen LogP contribution in [-0.4, -0.2) is 87.6 Å². The first-order valence-electron chi connectivity index (χ1n) is 23.7. The van der Waals surface area contributed by atoms with Crippen molar-refractivity contribution in [1.82, 2.24) is 0 Å². The number of halogens is 4. The lowest BCUT2D eigenvalue weighted by Gasteiger charge is -2.31. The van der Waals surface area contributed by atoms with Gasteiger partial charge in [0.25, 0.3) is 0 Å². The number of aliphatic carboxylic acids is 2. The predicted molar refractivity (Wildman–Crippen MR) is 278 cm³/mol. The maximum Gasteiger partial charge on any atom is 0.304 e. The third kappa shape index (κ3) is 20.2. The fourth-order valence-corrected chi connectivity index (χ4v) is 8.42. The maximum absolute atomic E-state index is 14.3. The minimum absolute atomic E-state index is 0.0989. The lowest BCUT2D eigenvalue weighted by molar-refractivity contribution is -0.138. The van der Waals surface area contributed by atoms with Crippen molar-refractivity contribution in [2.75, 3.05) is 74.0 Å². The number of carboxylic acid groups (broad SMARTS) is 2. The molecule has 0 saturated carbocycles. The topological polar surface area (TPSA) is 158 Å². The number of nitrogens with zero attached hydrogens (tertiary/aromatic N) is 2. The van der Waals surface area contributed by atoms with Gasteiger partial charge in [-0.2, -0.15) is 0 Å². The number of carbonyl (C=O) groups is 4. The van der Waals surface area contributed by atoms with Crippen LogP contribution in [0.25, 0.3) is 0 Å². The molecule has 4 N–H and O–H groups in total. The number of methoxy groups -OCH3 is 2. The Morgan fingerprint density at radius 2 is 0.871 bits per heavy atom. The van der Waals surface area contributed by atoms with E-state index >= 15 is 0 Å². The van der Waals surface area contributed by atoms with Crippen molar-refractivity contribution in [2.24, 2.45) is 23.7 Å². The Kier molecular flexibility index (Phi) is 24.6. The van der Waals surface area contributed by atoms with Crippen molar-refractivity contribution in [3.8, 4) is 0 Å². The largest absolute Gasteiger partial charge is 0.481 e. The van der Waals surface area contributed by atoms with Gasteiger partial charge in [0.05, 0.1) is 61.6 Å². The predicted octanol–water partition coefficient (Wildman–Crippen LogP) is 12.0. The van der Waals surface area contributed by atoms with Crippen molar-refractivity contribution in [2.45, 2.75) is 92.9 Å². The Morgan fingerprint density at radius 1 is 0.543 bits per heavy atom. The summed E-state index contributed by atoms with van der Waals surface area (Å²) in [7, 11) is 3.05. The van der Waals surface area contributed by atoms with Crippen LogP contribution in [0.4, 0.5) is 31.5 Å². The Hall–Kier alpha value is -5.28. The van der Waals surface area contributed by atoms with E-state index in [1.165, 1.54) is 38.5 Å². The van der Waals surface area contributed by atoms with Gasteiger partial charge in [-0.15, -0.1) is 0 Å². The number of nitrogens with one attached hydrogen (secondary N) is 2. The molecule has 2 amide bonds. The van der Waals surface area contributed by atoms with E-state index in [4.69, 9.17) is 32.7 Å². The van der Waals surface area contributed by atoms with Gasteiger partial charge in [0.1, 0.15) is 11.6 Å². The highest BCUT2D eigenvalue weighted by atomic mass is 35.5. The van der Waals surface area contributed by atoms with Crippen molar-refractivity contribution < 1.29 is 47.6 Å². The van der Waals surface area contributed by atoms with Crippen LogP contribution in [0.5, 0.6) is 0 Å². The van der Waals surface area contributed by atoms with Crippen molar-refractivity contribution in [1.29, 1.82) is 0 Å². The summed E-state index contributed by atoms with van der Waals surface area (Å²) in [4.78, 5) is 53.2. The third-order valence-corrected chi connectivity index (χ3v) is 11.3. The molecule has 0 bridgehead atoms. The van der Waals surface area contributed by atoms with Crippen molar-refractivity contribution in [3.63, 3.8) is 0 Å². The highest BCUT2D eigenvalue weighted by Gasteiger charge is 2.24. The summed E-state index contributed by atoms with van der Waals surface area (Å²) < 4.78 is 39.1. The average Bonchev–Trinajstić information content (AvgIpc) is 3.24. The molecule has 0 radical (unpaired) electrons. The fourth-order valence-electron chi connectivity index (χ4n) is 8.11. The monoisotopic (exact) mass is 1010 g/mol. The smallest absolute Gasteiger partial charge is 0.304 e. The van der Waals surface area contributed by atoms with Gasteiger partial charge in [0.2, 0.25) is 11.8 Å². The van der Waals surface area contributed by atoms with Gasteiger partial charge in [-0.1, -0.05) is 103 Å². The quantitative estimate of drug-likeness (QED) is 0.0477. The van der Waals surface area contributed by atoms with E-state index in [1.807, 2.05) is 36.4 Å². The standard InChI is InChI=1S/2C27H36ClFN2O4/c2*1-17(2)14-31(15-18(3)4)25-9-7-19(21(16-35-5)12-27(33)34)10-24(25)30-26(32)11-20-6-8-22(28)13-23(20)29/h2*6-10,13,17-18,21H,11-12,14-16H2,1-5H3,(H,30,32)(H,33,34). The Balaban J connectivity index is 0.000000370. The number of hydrogen-bond donors (Lipinski definition) is 4. The van der Waals surface area contributed by atoms with Crippen LogP contribution in [0, 0.1) is 35.3 Å². The van der Waals surface area contributed by atoms with Crippen LogP contribution in [0.1, 0.15) is 102 Å². The highest BCUT2D eigenvalue weighted by Crippen LogP contribution is 2.35. The molecule has 2 unspecified atom stereocenters. The molecule has 70 heavy (non-hydrogen) atoms. The molecule has 4 aromatic rings. The van der Waals surface area contributed by atoms with E-state index in [9.17, 15) is 38.2 Å². The van der Waals surface area contributed by atoms with Crippen LogP contribution in [0.2, 0.25) is 10.0 Å². The first-order valence-corrected chi connectivity index (χ1v) is 24.4. The van der Waals surface area contributed by atoms with E-state index in [-0.39, 0.29) is 83.7 Å². The Labute approximate surface area is 423 Å². The molecule has 384 valence electrons. The minimum Gasteiger partial charge on any atom is -0.481 e. The number of carbonyl (C=O) groups excluding carboxylic acids is 2. The zero-order valence-corrected chi connectivity index (χ0v) is 43.7. The molecule has 0 spiro atoms. The second kappa shape index (κ2) is 29.2. The van der Waals surface area contributed by atoms with Gasteiger partial charge in [0.15, 0.2) is 0 Å². The number of rotatable bonds is 26. The summed E-state index contributed by atoms with van der Waals surface area (Å²) in [6.45, 7) is 20.6. The molecule has 2 atom stereocenters. The maximum atomic E-state index is 14.3. The lowest BCUT2D eigenvalue weighted by Crippen LogP contribution is -2.32. The van der Waals surface area contributed by atoms with E-state index in [0.29, 0.717) is 35.0 Å². The van der Waals surface area contributed by atoms with Crippen LogP contribution in [0.3, 0.4) is 0 Å². The molecule has 0 aromatic heterocycles. The normalized spacial score (nSPS) is 12.1. The molecular weight excluding hydrogens is 942 g/mol. The van der Waals surface area contributed by atoms with Gasteiger partial charge in [-0.05, 0) is 94.5 Å².